The summed E-state index contributed by atoms with van der Waals surface area (Å²) in [6.07, 6.45) is 3.36. The highest BCUT2D eigenvalue weighted by molar-refractivity contribution is 4.60. The SMILES string of the molecule is CCCCC(CC)C(O)OOC(C)(C)C. The van der Waals surface area contributed by atoms with Crippen LogP contribution >= 0.6 is 0 Å². The van der Waals surface area contributed by atoms with Crippen LogP contribution in [0.15, 0.2) is 0 Å². The third-order valence-electron chi connectivity index (χ3n) is 2.25. The normalized spacial score (nSPS) is 16.4. The van der Waals surface area contributed by atoms with Gasteiger partial charge in [0.2, 0.25) is 0 Å². The number of hydrogen-bond donors (Lipinski definition) is 1. The molecule has 0 heterocycles. The molecule has 0 spiro atoms. The van der Waals surface area contributed by atoms with Gasteiger partial charge in [-0.1, -0.05) is 26.7 Å². The van der Waals surface area contributed by atoms with E-state index in [-0.39, 0.29) is 11.5 Å². The van der Waals surface area contributed by atoms with E-state index in [1.54, 1.807) is 0 Å². The Labute approximate surface area is 93.7 Å². The molecule has 0 saturated heterocycles. The van der Waals surface area contributed by atoms with Crippen LogP contribution in [0.1, 0.15) is 60.3 Å². The van der Waals surface area contributed by atoms with Gasteiger partial charge in [-0.25, -0.2) is 9.78 Å². The summed E-state index contributed by atoms with van der Waals surface area (Å²) in [6.45, 7) is 9.89. The van der Waals surface area contributed by atoms with Gasteiger partial charge in [0.25, 0.3) is 0 Å². The largest absolute Gasteiger partial charge is 0.365 e. The Morgan fingerprint density at radius 2 is 1.80 bits per heavy atom. The Kier molecular flexibility index (Phi) is 7.14. The predicted octanol–water partition coefficient (Wildman–Crippen LogP) is 3.27. The Bertz CT molecular complexity index is 151. The third kappa shape index (κ3) is 7.77. The number of hydrogen-bond acceptors (Lipinski definition) is 3. The molecule has 0 aromatic heterocycles. The summed E-state index contributed by atoms with van der Waals surface area (Å²) in [7, 11) is 0. The summed E-state index contributed by atoms with van der Waals surface area (Å²) >= 11 is 0. The molecule has 2 unspecified atom stereocenters. The van der Waals surface area contributed by atoms with Crippen LogP contribution in [0, 0.1) is 5.92 Å². The first kappa shape index (κ1) is 14.9. The van der Waals surface area contributed by atoms with E-state index in [9.17, 15) is 5.11 Å². The van der Waals surface area contributed by atoms with Crippen LogP contribution in [-0.2, 0) is 9.78 Å². The van der Waals surface area contributed by atoms with E-state index in [4.69, 9.17) is 9.78 Å². The van der Waals surface area contributed by atoms with Crippen LogP contribution in [-0.4, -0.2) is 17.0 Å². The van der Waals surface area contributed by atoms with Crippen molar-refractivity contribution in [2.75, 3.05) is 0 Å². The predicted molar refractivity (Wildman–Crippen MR) is 61.2 cm³/mol. The highest BCUT2D eigenvalue weighted by Crippen LogP contribution is 2.19. The van der Waals surface area contributed by atoms with Gasteiger partial charge in [-0.05, 0) is 33.6 Å². The average molecular weight is 218 g/mol. The van der Waals surface area contributed by atoms with Crippen molar-refractivity contribution < 1.29 is 14.9 Å². The zero-order chi connectivity index (χ0) is 11.9. The van der Waals surface area contributed by atoms with E-state index >= 15 is 0 Å². The first-order chi connectivity index (χ1) is 6.90. The minimum absolute atomic E-state index is 0.173. The second kappa shape index (κ2) is 7.20. The molecule has 0 amide bonds. The monoisotopic (exact) mass is 218 g/mol. The van der Waals surface area contributed by atoms with Gasteiger partial charge in [0.1, 0.15) is 0 Å². The van der Waals surface area contributed by atoms with Crippen LogP contribution in [0.4, 0.5) is 0 Å². The summed E-state index contributed by atoms with van der Waals surface area (Å²) in [4.78, 5) is 10.1. The van der Waals surface area contributed by atoms with Crippen molar-refractivity contribution in [3.63, 3.8) is 0 Å². The molecule has 0 fully saturated rings. The van der Waals surface area contributed by atoms with Crippen LogP contribution in [0.25, 0.3) is 0 Å². The highest BCUT2D eigenvalue weighted by atomic mass is 17.2. The Morgan fingerprint density at radius 3 is 2.20 bits per heavy atom. The first-order valence-electron chi connectivity index (χ1n) is 5.93. The fraction of sp³-hybridized carbons (Fsp3) is 1.00. The zero-order valence-electron chi connectivity index (χ0n) is 10.7. The van der Waals surface area contributed by atoms with Gasteiger partial charge >= 0.3 is 0 Å². The molecule has 3 heteroatoms. The molecule has 2 atom stereocenters. The van der Waals surface area contributed by atoms with Crippen LogP contribution in [0.5, 0.6) is 0 Å². The lowest BCUT2D eigenvalue weighted by molar-refractivity contribution is -0.419. The van der Waals surface area contributed by atoms with Gasteiger partial charge in [-0.3, -0.25) is 0 Å². The molecule has 0 aromatic carbocycles. The minimum Gasteiger partial charge on any atom is -0.365 e. The summed E-state index contributed by atoms with van der Waals surface area (Å²) in [6, 6.07) is 0. The molecule has 15 heavy (non-hydrogen) atoms. The van der Waals surface area contributed by atoms with E-state index in [1.165, 1.54) is 0 Å². The average Bonchev–Trinajstić information content (AvgIpc) is 2.15. The Balaban J connectivity index is 3.87. The molecule has 0 aliphatic rings. The molecule has 0 aliphatic heterocycles. The van der Waals surface area contributed by atoms with E-state index in [0.717, 1.165) is 25.7 Å². The van der Waals surface area contributed by atoms with Gasteiger partial charge in [0.15, 0.2) is 6.29 Å². The second-order valence-corrected chi connectivity index (χ2v) is 4.99. The van der Waals surface area contributed by atoms with E-state index in [2.05, 4.69) is 13.8 Å². The number of aliphatic hydroxyl groups excluding tert-OH is 1. The Morgan fingerprint density at radius 1 is 1.20 bits per heavy atom. The summed E-state index contributed by atoms with van der Waals surface area (Å²) in [5.41, 5.74) is -0.371. The maximum atomic E-state index is 9.75. The molecule has 0 rings (SSSR count). The maximum absolute atomic E-state index is 9.75. The lowest BCUT2D eigenvalue weighted by Gasteiger charge is -2.25. The smallest absolute Gasteiger partial charge is 0.191 e. The molecule has 92 valence electrons. The molecule has 0 bridgehead atoms. The highest BCUT2D eigenvalue weighted by Gasteiger charge is 2.21. The molecule has 0 radical (unpaired) electrons. The zero-order valence-corrected chi connectivity index (χ0v) is 10.7. The van der Waals surface area contributed by atoms with E-state index in [0.29, 0.717) is 0 Å². The lowest BCUT2D eigenvalue weighted by Crippen LogP contribution is -2.29. The topological polar surface area (TPSA) is 38.7 Å². The first-order valence-corrected chi connectivity index (χ1v) is 5.93. The van der Waals surface area contributed by atoms with Crippen molar-refractivity contribution >= 4 is 0 Å². The maximum Gasteiger partial charge on any atom is 0.191 e. The Hall–Kier alpha value is -0.120. The molecule has 1 N–H and O–H groups in total. The van der Waals surface area contributed by atoms with E-state index < -0.39 is 6.29 Å². The van der Waals surface area contributed by atoms with Gasteiger partial charge in [-0.2, -0.15) is 0 Å². The van der Waals surface area contributed by atoms with Crippen LogP contribution in [0.3, 0.4) is 0 Å². The van der Waals surface area contributed by atoms with Crippen molar-refractivity contribution in [3.8, 4) is 0 Å². The van der Waals surface area contributed by atoms with E-state index in [1.807, 2.05) is 20.8 Å². The van der Waals surface area contributed by atoms with Crippen molar-refractivity contribution in [1.29, 1.82) is 0 Å². The molecule has 0 aliphatic carbocycles. The molecule has 0 aromatic rings. The number of rotatable bonds is 7. The summed E-state index contributed by atoms with van der Waals surface area (Å²) < 4.78 is 0. The fourth-order valence-electron chi connectivity index (χ4n) is 1.29. The molecule has 0 saturated carbocycles. The van der Waals surface area contributed by atoms with Crippen LogP contribution in [0.2, 0.25) is 0 Å². The molecular formula is C12H26O3. The fourth-order valence-corrected chi connectivity index (χ4v) is 1.29. The molecule has 3 nitrogen and oxygen atoms in total. The third-order valence-corrected chi connectivity index (χ3v) is 2.25. The lowest BCUT2D eigenvalue weighted by atomic mass is 9.99. The van der Waals surface area contributed by atoms with Gasteiger partial charge in [0.05, 0.1) is 5.60 Å². The van der Waals surface area contributed by atoms with Crippen LogP contribution < -0.4 is 0 Å². The van der Waals surface area contributed by atoms with Crippen molar-refractivity contribution in [1.82, 2.24) is 0 Å². The van der Waals surface area contributed by atoms with Crippen molar-refractivity contribution in [2.24, 2.45) is 5.92 Å². The van der Waals surface area contributed by atoms with Gasteiger partial charge in [0, 0.05) is 5.92 Å². The number of unbranched alkanes of at least 4 members (excludes halogenated alkanes) is 1. The quantitative estimate of drug-likeness (QED) is 0.405. The standard InChI is InChI=1S/C12H26O3/c1-6-8-9-10(7-2)11(13)14-15-12(3,4)5/h10-11,13H,6-9H2,1-5H3. The van der Waals surface area contributed by atoms with Crippen molar-refractivity contribution in [3.05, 3.63) is 0 Å². The minimum atomic E-state index is -0.805. The van der Waals surface area contributed by atoms with Gasteiger partial charge < -0.3 is 5.11 Å². The second-order valence-electron chi connectivity index (χ2n) is 4.99. The molecular weight excluding hydrogens is 192 g/mol. The van der Waals surface area contributed by atoms with Gasteiger partial charge in [-0.15, -0.1) is 0 Å². The van der Waals surface area contributed by atoms with Crippen molar-refractivity contribution in [2.45, 2.75) is 72.2 Å². The summed E-state index contributed by atoms with van der Waals surface area (Å²) in [5, 5.41) is 9.75. The number of aliphatic hydroxyl groups is 1. The summed E-state index contributed by atoms with van der Waals surface area (Å²) in [5.74, 6) is 0.173.